The van der Waals surface area contributed by atoms with Gasteiger partial charge in [-0.3, -0.25) is 4.79 Å². The predicted octanol–water partition coefficient (Wildman–Crippen LogP) is 3.03. The molecule has 2 N–H and O–H groups in total. The minimum absolute atomic E-state index is 0.0352. The molecule has 118 valence electrons. The van der Waals surface area contributed by atoms with Crippen molar-refractivity contribution in [2.45, 2.75) is 40.2 Å². The zero-order valence-electron chi connectivity index (χ0n) is 13.8. The third kappa shape index (κ3) is 6.74. The Morgan fingerprint density at radius 3 is 2.62 bits per heavy atom. The first-order chi connectivity index (χ1) is 10.1. The van der Waals surface area contributed by atoms with Crippen molar-refractivity contribution in [3.63, 3.8) is 0 Å². The topological polar surface area (TPSA) is 44.4 Å². The molecule has 1 unspecified atom stereocenters. The number of benzene rings is 1. The molecule has 0 bridgehead atoms. The summed E-state index contributed by atoms with van der Waals surface area (Å²) in [6, 6.07) is 8.30. The zero-order chi connectivity index (χ0) is 15.7. The number of hydrogen-bond acceptors (Lipinski definition) is 3. The van der Waals surface area contributed by atoms with Gasteiger partial charge in [0.15, 0.2) is 0 Å². The number of amides is 1. The van der Waals surface area contributed by atoms with E-state index in [1.54, 1.807) is 0 Å². The molecule has 0 saturated carbocycles. The highest BCUT2D eigenvalue weighted by atomic mass is 16.1. The van der Waals surface area contributed by atoms with Gasteiger partial charge in [-0.05, 0) is 57.2 Å². The second-order valence-corrected chi connectivity index (χ2v) is 5.36. The van der Waals surface area contributed by atoms with Crippen molar-refractivity contribution in [1.82, 2.24) is 10.2 Å². The molecule has 0 radical (unpaired) electrons. The number of hydrogen-bond donors (Lipinski definition) is 2. The summed E-state index contributed by atoms with van der Waals surface area (Å²) < 4.78 is 0. The van der Waals surface area contributed by atoms with Gasteiger partial charge in [-0.1, -0.05) is 26.0 Å². The van der Waals surface area contributed by atoms with Crippen molar-refractivity contribution < 1.29 is 4.79 Å². The second-order valence-electron chi connectivity index (χ2n) is 5.36. The van der Waals surface area contributed by atoms with Crippen LogP contribution in [0.1, 0.15) is 45.7 Å². The molecule has 4 heteroatoms. The Morgan fingerprint density at radius 1 is 1.29 bits per heavy atom. The van der Waals surface area contributed by atoms with Gasteiger partial charge in [0.05, 0.1) is 0 Å². The third-order valence-electron chi connectivity index (χ3n) is 3.70. The summed E-state index contributed by atoms with van der Waals surface area (Å²) in [7, 11) is 0. The molecular formula is C17H29N3O. The number of rotatable bonds is 9. The molecule has 1 atom stereocenters. The van der Waals surface area contributed by atoms with E-state index >= 15 is 0 Å². The molecular weight excluding hydrogens is 262 g/mol. The van der Waals surface area contributed by atoms with Crippen molar-refractivity contribution in [2.24, 2.45) is 0 Å². The molecule has 21 heavy (non-hydrogen) atoms. The lowest BCUT2D eigenvalue weighted by atomic mass is 10.1. The summed E-state index contributed by atoms with van der Waals surface area (Å²) in [5, 5.41) is 6.37. The van der Waals surface area contributed by atoms with E-state index < -0.39 is 0 Å². The summed E-state index contributed by atoms with van der Waals surface area (Å²) >= 11 is 0. The summed E-state index contributed by atoms with van der Waals surface area (Å²) in [6.07, 6.45) is 1.15. The number of carbonyl (C=O) groups is 1. The molecule has 0 spiro atoms. The van der Waals surface area contributed by atoms with Gasteiger partial charge in [0.2, 0.25) is 5.91 Å². The van der Waals surface area contributed by atoms with Gasteiger partial charge in [-0.15, -0.1) is 0 Å². The van der Waals surface area contributed by atoms with E-state index in [1.807, 2.05) is 18.2 Å². The fraction of sp³-hybridized carbons (Fsp3) is 0.588. The van der Waals surface area contributed by atoms with Gasteiger partial charge in [0.25, 0.3) is 0 Å². The van der Waals surface area contributed by atoms with Crippen molar-refractivity contribution in [3.05, 3.63) is 29.8 Å². The molecule has 0 fully saturated rings. The van der Waals surface area contributed by atoms with Crippen LogP contribution in [0.3, 0.4) is 0 Å². The largest absolute Gasteiger partial charge is 0.326 e. The van der Waals surface area contributed by atoms with Gasteiger partial charge in [-0.2, -0.15) is 0 Å². The maximum Gasteiger partial charge on any atom is 0.221 e. The highest BCUT2D eigenvalue weighted by molar-refractivity contribution is 5.88. The fourth-order valence-electron chi connectivity index (χ4n) is 2.37. The molecule has 0 heterocycles. The first kappa shape index (κ1) is 17.7. The van der Waals surface area contributed by atoms with Crippen LogP contribution in [0.15, 0.2) is 24.3 Å². The molecule has 1 aromatic rings. The SMILES string of the molecule is CCN(CC)CCCNC(C)c1cccc(NC(C)=O)c1. The lowest BCUT2D eigenvalue weighted by molar-refractivity contribution is -0.114. The van der Waals surface area contributed by atoms with E-state index in [0.717, 1.165) is 38.3 Å². The Hall–Kier alpha value is -1.39. The van der Waals surface area contributed by atoms with Crippen LogP contribution in [-0.4, -0.2) is 37.0 Å². The second kappa shape index (κ2) is 9.53. The Kier molecular flexibility index (Phi) is 8.01. The molecule has 0 saturated heterocycles. The van der Waals surface area contributed by atoms with Crippen LogP contribution < -0.4 is 10.6 Å². The minimum Gasteiger partial charge on any atom is -0.326 e. The van der Waals surface area contributed by atoms with Gasteiger partial charge >= 0.3 is 0 Å². The Balaban J connectivity index is 2.41. The smallest absolute Gasteiger partial charge is 0.221 e. The van der Waals surface area contributed by atoms with Crippen molar-refractivity contribution in [1.29, 1.82) is 0 Å². The van der Waals surface area contributed by atoms with E-state index in [1.165, 1.54) is 12.5 Å². The Bertz CT molecular complexity index is 430. The van der Waals surface area contributed by atoms with Gasteiger partial charge in [-0.25, -0.2) is 0 Å². The first-order valence-electron chi connectivity index (χ1n) is 7.90. The molecule has 0 aliphatic carbocycles. The number of nitrogens with one attached hydrogen (secondary N) is 2. The van der Waals surface area contributed by atoms with Crippen LogP contribution in [0.2, 0.25) is 0 Å². The van der Waals surface area contributed by atoms with Crippen LogP contribution in [0.4, 0.5) is 5.69 Å². The van der Waals surface area contributed by atoms with E-state index in [2.05, 4.69) is 42.4 Å². The molecule has 1 rings (SSSR count). The maximum absolute atomic E-state index is 11.1. The average Bonchev–Trinajstić information content (AvgIpc) is 2.47. The summed E-state index contributed by atoms with van der Waals surface area (Å²) in [5.74, 6) is -0.0352. The number of anilines is 1. The predicted molar refractivity (Wildman–Crippen MR) is 89.6 cm³/mol. The summed E-state index contributed by atoms with van der Waals surface area (Å²) in [5.41, 5.74) is 2.06. The first-order valence-corrected chi connectivity index (χ1v) is 7.90. The fourth-order valence-corrected chi connectivity index (χ4v) is 2.37. The van der Waals surface area contributed by atoms with E-state index in [4.69, 9.17) is 0 Å². The van der Waals surface area contributed by atoms with Crippen LogP contribution >= 0.6 is 0 Å². The van der Waals surface area contributed by atoms with Gasteiger partial charge < -0.3 is 15.5 Å². The van der Waals surface area contributed by atoms with Crippen LogP contribution in [0.25, 0.3) is 0 Å². The average molecular weight is 291 g/mol. The maximum atomic E-state index is 11.1. The zero-order valence-corrected chi connectivity index (χ0v) is 13.8. The quantitative estimate of drug-likeness (QED) is 0.687. The molecule has 4 nitrogen and oxygen atoms in total. The standard InChI is InChI=1S/C17H29N3O/c1-5-20(6-2)12-8-11-18-14(3)16-9-7-10-17(13-16)19-15(4)21/h7,9-10,13-14,18H,5-6,8,11-12H2,1-4H3,(H,19,21). The van der Waals surface area contributed by atoms with E-state index in [-0.39, 0.29) is 11.9 Å². The lowest BCUT2D eigenvalue weighted by Gasteiger charge is -2.19. The van der Waals surface area contributed by atoms with Crippen molar-refractivity contribution >= 4 is 11.6 Å². The van der Waals surface area contributed by atoms with Crippen molar-refractivity contribution in [3.8, 4) is 0 Å². The molecule has 0 aliphatic rings. The highest BCUT2D eigenvalue weighted by Crippen LogP contribution is 2.17. The summed E-state index contributed by atoms with van der Waals surface area (Å²) in [6.45, 7) is 12.5. The van der Waals surface area contributed by atoms with Crippen LogP contribution in [-0.2, 0) is 4.79 Å². The van der Waals surface area contributed by atoms with Crippen LogP contribution in [0.5, 0.6) is 0 Å². The van der Waals surface area contributed by atoms with Gasteiger partial charge in [0.1, 0.15) is 0 Å². The number of carbonyl (C=O) groups excluding carboxylic acids is 1. The molecule has 1 aromatic carbocycles. The molecule has 0 aliphatic heterocycles. The normalized spacial score (nSPS) is 12.4. The number of nitrogens with zero attached hydrogens (tertiary/aromatic N) is 1. The van der Waals surface area contributed by atoms with Crippen molar-refractivity contribution in [2.75, 3.05) is 31.5 Å². The van der Waals surface area contributed by atoms with Crippen LogP contribution in [0, 0.1) is 0 Å². The molecule has 0 aromatic heterocycles. The molecule has 1 amide bonds. The minimum atomic E-state index is -0.0352. The van der Waals surface area contributed by atoms with E-state index in [0.29, 0.717) is 0 Å². The highest BCUT2D eigenvalue weighted by Gasteiger charge is 2.06. The third-order valence-corrected chi connectivity index (χ3v) is 3.70. The van der Waals surface area contributed by atoms with Gasteiger partial charge in [0, 0.05) is 18.7 Å². The monoisotopic (exact) mass is 291 g/mol. The van der Waals surface area contributed by atoms with E-state index in [9.17, 15) is 4.79 Å². The Labute approximate surface area is 128 Å². The summed E-state index contributed by atoms with van der Waals surface area (Å²) in [4.78, 5) is 13.5. The lowest BCUT2D eigenvalue weighted by Crippen LogP contribution is -2.28. The Morgan fingerprint density at radius 2 is 2.00 bits per heavy atom.